The van der Waals surface area contributed by atoms with Crippen LogP contribution in [0.4, 0.5) is 24.7 Å². The number of rotatable bonds is 6. The summed E-state index contributed by atoms with van der Waals surface area (Å²) in [6, 6.07) is 8.59. The Bertz CT molecular complexity index is 1090. The highest BCUT2D eigenvalue weighted by atomic mass is 35.5. The van der Waals surface area contributed by atoms with E-state index in [1.54, 1.807) is 23.0 Å². The van der Waals surface area contributed by atoms with Crippen LogP contribution >= 0.6 is 11.6 Å². The SMILES string of the molecule is Cc1c([N+](=O)[O-])c(C(F)(F)F)nn1CC(=O)Nc1ccn(Cc2ccc(Cl)cc2)n1. The van der Waals surface area contributed by atoms with E-state index in [9.17, 15) is 28.1 Å². The summed E-state index contributed by atoms with van der Waals surface area (Å²) >= 11 is 5.83. The summed E-state index contributed by atoms with van der Waals surface area (Å²) < 4.78 is 41.2. The second kappa shape index (κ2) is 8.14. The highest BCUT2D eigenvalue weighted by molar-refractivity contribution is 6.30. The summed E-state index contributed by atoms with van der Waals surface area (Å²) in [4.78, 5) is 22.0. The molecule has 0 atom stereocenters. The number of amides is 1. The molecule has 0 aliphatic carbocycles. The van der Waals surface area contributed by atoms with Crippen molar-refractivity contribution in [3.63, 3.8) is 0 Å². The summed E-state index contributed by atoms with van der Waals surface area (Å²) in [6.07, 6.45) is -3.41. The molecule has 2 aromatic heterocycles. The van der Waals surface area contributed by atoms with Crippen molar-refractivity contribution < 1.29 is 22.9 Å². The second-order valence-corrected chi connectivity index (χ2v) is 6.70. The van der Waals surface area contributed by atoms with Crippen molar-refractivity contribution in [2.75, 3.05) is 5.32 Å². The van der Waals surface area contributed by atoms with Gasteiger partial charge in [0.2, 0.25) is 11.6 Å². The van der Waals surface area contributed by atoms with E-state index in [4.69, 9.17) is 11.6 Å². The summed E-state index contributed by atoms with van der Waals surface area (Å²) in [6.45, 7) is 0.855. The second-order valence-electron chi connectivity index (χ2n) is 6.27. The summed E-state index contributed by atoms with van der Waals surface area (Å²) in [5.74, 6) is -0.565. The number of halogens is 4. The van der Waals surface area contributed by atoms with Crippen LogP contribution in [0.15, 0.2) is 36.5 Å². The van der Waals surface area contributed by atoms with Crippen LogP contribution in [-0.4, -0.2) is 30.4 Å². The molecule has 0 radical (unpaired) electrons. The van der Waals surface area contributed by atoms with Crippen molar-refractivity contribution in [3.05, 3.63) is 68.6 Å². The van der Waals surface area contributed by atoms with Crippen molar-refractivity contribution in [3.8, 4) is 0 Å². The van der Waals surface area contributed by atoms with Gasteiger partial charge in [0, 0.05) is 17.3 Å². The average molecular weight is 443 g/mol. The topological polar surface area (TPSA) is 108 Å². The molecule has 3 aromatic rings. The number of anilines is 1. The zero-order valence-electron chi connectivity index (χ0n) is 15.4. The highest BCUT2D eigenvalue weighted by Gasteiger charge is 2.44. The molecule has 2 heterocycles. The Hall–Kier alpha value is -3.41. The molecular weight excluding hydrogens is 429 g/mol. The molecule has 30 heavy (non-hydrogen) atoms. The van der Waals surface area contributed by atoms with Crippen LogP contribution in [0.25, 0.3) is 0 Å². The van der Waals surface area contributed by atoms with E-state index >= 15 is 0 Å². The van der Waals surface area contributed by atoms with Crippen molar-refractivity contribution in [2.45, 2.75) is 26.2 Å². The minimum atomic E-state index is -5.02. The van der Waals surface area contributed by atoms with E-state index in [1.165, 1.54) is 6.07 Å². The third kappa shape index (κ3) is 4.76. The summed E-state index contributed by atoms with van der Waals surface area (Å²) in [7, 11) is 0. The Kier molecular flexibility index (Phi) is 5.78. The highest BCUT2D eigenvalue weighted by Crippen LogP contribution is 2.36. The van der Waals surface area contributed by atoms with Crippen LogP contribution < -0.4 is 5.32 Å². The number of hydrogen-bond acceptors (Lipinski definition) is 5. The molecule has 0 spiro atoms. The molecule has 1 aromatic carbocycles. The smallest absolute Gasteiger partial charge is 0.308 e. The third-order valence-corrected chi connectivity index (χ3v) is 4.34. The third-order valence-electron chi connectivity index (χ3n) is 4.09. The quantitative estimate of drug-likeness (QED) is 0.463. The standard InChI is InChI=1S/C17H14ClF3N6O3/c1-10-15(27(29)30)16(17(19,20)21)24-26(10)9-14(28)22-13-6-7-25(23-13)8-11-2-4-12(18)5-3-11/h2-7H,8-9H2,1H3,(H,22,23,28). The van der Waals surface area contributed by atoms with Crippen molar-refractivity contribution in [1.29, 1.82) is 0 Å². The largest absolute Gasteiger partial charge is 0.442 e. The zero-order valence-corrected chi connectivity index (χ0v) is 16.1. The fourth-order valence-corrected chi connectivity index (χ4v) is 2.84. The van der Waals surface area contributed by atoms with Gasteiger partial charge in [0.1, 0.15) is 12.2 Å². The molecule has 1 N–H and O–H groups in total. The maximum absolute atomic E-state index is 13.0. The lowest BCUT2D eigenvalue weighted by Crippen LogP contribution is -2.21. The van der Waals surface area contributed by atoms with Gasteiger partial charge in [-0.15, -0.1) is 0 Å². The van der Waals surface area contributed by atoms with Crippen LogP contribution in [0.2, 0.25) is 5.02 Å². The monoisotopic (exact) mass is 442 g/mol. The van der Waals surface area contributed by atoms with Gasteiger partial charge in [-0.1, -0.05) is 23.7 Å². The van der Waals surface area contributed by atoms with Gasteiger partial charge in [0.25, 0.3) is 0 Å². The number of nitrogens with zero attached hydrogens (tertiary/aromatic N) is 5. The van der Waals surface area contributed by atoms with Gasteiger partial charge in [0.05, 0.1) is 11.5 Å². The first kappa shape index (κ1) is 21.3. The average Bonchev–Trinajstić information content (AvgIpc) is 3.21. The van der Waals surface area contributed by atoms with Crippen LogP contribution in [0.3, 0.4) is 0 Å². The fraction of sp³-hybridized carbons (Fsp3) is 0.235. The van der Waals surface area contributed by atoms with Crippen molar-refractivity contribution in [2.24, 2.45) is 0 Å². The molecule has 0 bridgehead atoms. The number of alkyl halides is 3. The maximum atomic E-state index is 13.0. The summed E-state index contributed by atoms with van der Waals surface area (Å²) in [5.41, 5.74) is -2.29. The van der Waals surface area contributed by atoms with Crippen molar-refractivity contribution in [1.82, 2.24) is 19.6 Å². The Morgan fingerprint density at radius 1 is 1.23 bits per heavy atom. The van der Waals surface area contributed by atoms with E-state index in [0.29, 0.717) is 16.2 Å². The number of nitrogens with one attached hydrogen (secondary N) is 1. The minimum Gasteiger partial charge on any atom is -0.308 e. The predicted octanol–water partition coefficient (Wildman–Crippen LogP) is 3.66. The number of benzene rings is 1. The van der Waals surface area contributed by atoms with Gasteiger partial charge in [-0.3, -0.25) is 24.3 Å². The minimum absolute atomic E-state index is 0.171. The normalized spacial score (nSPS) is 11.5. The molecule has 9 nitrogen and oxygen atoms in total. The molecule has 0 aliphatic heterocycles. The first-order valence-electron chi connectivity index (χ1n) is 8.41. The molecule has 0 saturated carbocycles. The van der Waals surface area contributed by atoms with E-state index in [0.717, 1.165) is 12.5 Å². The van der Waals surface area contributed by atoms with Gasteiger partial charge < -0.3 is 5.32 Å². The molecule has 0 unspecified atom stereocenters. The number of nitro groups is 1. The number of carbonyl (C=O) groups excluding carboxylic acids is 1. The van der Waals surface area contributed by atoms with E-state index in [1.807, 2.05) is 12.1 Å². The van der Waals surface area contributed by atoms with Crippen LogP contribution in [0.1, 0.15) is 17.0 Å². The van der Waals surface area contributed by atoms with Gasteiger partial charge in [-0.2, -0.15) is 23.4 Å². The predicted molar refractivity (Wildman–Crippen MR) is 100 cm³/mol. The first-order chi connectivity index (χ1) is 14.0. The lowest BCUT2D eigenvalue weighted by atomic mass is 10.2. The number of aromatic nitrogens is 4. The van der Waals surface area contributed by atoms with E-state index < -0.39 is 34.9 Å². The molecule has 0 saturated heterocycles. The zero-order chi connectivity index (χ0) is 22.1. The van der Waals surface area contributed by atoms with Crippen LogP contribution in [0.5, 0.6) is 0 Å². The fourth-order valence-electron chi connectivity index (χ4n) is 2.71. The Morgan fingerprint density at radius 3 is 2.47 bits per heavy atom. The molecule has 13 heteroatoms. The molecule has 158 valence electrons. The van der Waals surface area contributed by atoms with E-state index in [-0.39, 0.29) is 11.5 Å². The Labute approximate surface area is 172 Å². The summed E-state index contributed by atoms with van der Waals surface area (Å²) in [5, 5.41) is 21.4. The Morgan fingerprint density at radius 2 is 1.90 bits per heavy atom. The number of carbonyl (C=O) groups is 1. The van der Waals surface area contributed by atoms with E-state index in [2.05, 4.69) is 15.5 Å². The van der Waals surface area contributed by atoms with Gasteiger partial charge in [-0.05, 0) is 24.6 Å². The Balaban J connectivity index is 1.70. The van der Waals surface area contributed by atoms with Gasteiger partial charge in [0.15, 0.2) is 5.82 Å². The molecule has 0 aliphatic rings. The lowest BCUT2D eigenvalue weighted by Gasteiger charge is -2.05. The van der Waals surface area contributed by atoms with Crippen LogP contribution in [0, 0.1) is 17.0 Å². The van der Waals surface area contributed by atoms with Crippen molar-refractivity contribution >= 4 is 29.0 Å². The van der Waals surface area contributed by atoms with Gasteiger partial charge in [-0.25, -0.2) is 0 Å². The molecule has 3 rings (SSSR count). The van der Waals surface area contributed by atoms with Crippen LogP contribution in [-0.2, 0) is 24.1 Å². The molecular formula is C17H14ClF3N6O3. The number of hydrogen-bond donors (Lipinski definition) is 1. The maximum Gasteiger partial charge on any atom is 0.442 e. The first-order valence-corrected chi connectivity index (χ1v) is 8.79. The lowest BCUT2D eigenvalue weighted by molar-refractivity contribution is -0.388. The molecule has 1 amide bonds. The van der Waals surface area contributed by atoms with Gasteiger partial charge >= 0.3 is 11.9 Å². The molecule has 0 fully saturated rings.